The van der Waals surface area contributed by atoms with Crippen molar-refractivity contribution in [2.75, 3.05) is 0 Å². The van der Waals surface area contributed by atoms with Crippen molar-refractivity contribution < 1.29 is 14.7 Å². The molecule has 1 heterocycles. The van der Waals surface area contributed by atoms with E-state index in [2.05, 4.69) is 4.98 Å². The summed E-state index contributed by atoms with van der Waals surface area (Å²) in [4.78, 5) is 27.6. The molecule has 4 heteroatoms. The molecule has 0 aliphatic rings. The molecule has 0 saturated carbocycles. The van der Waals surface area contributed by atoms with Gasteiger partial charge in [0.2, 0.25) is 0 Å². The van der Waals surface area contributed by atoms with E-state index in [4.69, 9.17) is 0 Å². The maximum atomic E-state index is 11.6. The van der Waals surface area contributed by atoms with Gasteiger partial charge in [-0.15, -0.1) is 0 Å². The van der Waals surface area contributed by atoms with E-state index >= 15 is 0 Å². The standard InChI is InChI=1S/C18H13NO3/c1-11(20)13-7-8-16-14(9-13)15(18(21)22)10-17(19-16)12-5-3-2-4-6-12/h2-10H,1H3,(H,21,22). The highest BCUT2D eigenvalue weighted by molar-refractivity contribution is 6.06. The van der Waals surface area contributed by atoms with E-state index in [1.165, 1.54) is 6.92 Å². The molecule has 0 saturated heterocycles. The van der Waals surface area contributed by atoms with Crippen molar-refractivity contribution in [1.29, 1.82) is 0 Å². The fourth-order valence-electron chi connectivity index (χ4n) is 2.38. The highest BCUT2D eigenvalue weighted by atomic mass is 16.4. The second kappa shape index (κ2) is 5.41. The normalized spacial score (nSPS) is 10.6. The molecular weight excluding hydrogens is 278 g/mol. The Morgan fingerprint density at radius 3 is 2.36 bits per heavy atom. The number of carboxylic acids is 1. The molecule has 108 valence electrons. The molecule has 1 aromatic heterocycles. The van der Waals surface area contributed by atoms with E-state index < -0.39 is 5.97 Å². The van der Waals surface area contributed by atoms with Crippen molar-refractivity contribution in [2.24, 2.45) is 0 Å². The molecule has 0 radical (unpaired) electrons. The maximum Gasteiger partial charge on any atom is 0.336 e. The molecule has 22 heavy (non-hydrogen) atoms. The predicted molar refractivity (Wildman–Crippen MR) is 84.1 cm³/mol. The number of ketones is 1. The Morgan fingerprint density at radius 2 is 1.73 bits per heavy atom. The number of carbonyl (C=O) groups is 2. The first-order chi connectivity index (χ1) is 10.6. The highest BCUT2D eigenvalue weighted by Crippen LogP contribution is 2.25. The molecule has 4 nitrogen and oxygen atoms in total. The fraction of sp³-hybridized carbons (Fsp3) is 0.0556. The van der Waals surface area contributed by atoms with E-state index in [9.17, 15) is 14.7 Å². The monoisotopic (exact) mass is 291 g/mol. The zero-order valence-electron chi connectivity index (χ0n) is 11.9. The Balaban J connectivity index is 2.30. The van der Waals surface area contributed by atoms with Gasteiger partial charge in [0.1, 0.15) is 0 Å². The number of pyridine rings is 1. The summed E-state index contributed by atoms with van der Waals surface area (Å²) in [6, 6.07) is 15.9. The van der Waals surface area contributed by atoms with Crippen LogP contribution in [-0.4, -0.2) is 21.8 Å². The number of Topliss-reactive ketones (excluding diaryl/α,β-unsaturated/α-hetero) is 1. The van der Waals surface area contributed by atoms with E-state index in [-0.39, 0.29) is 11.3 Å². The maximum absolute atomic E-state index is 11.6. The molecule has 0 unspecified atom stereocenters. The number of fused-ring (bicyclic) bond motifs is 1. The van der Waals surface area contributed by atoms with Crippen molar-refractivity contribution in [3.05, 3.63) is 65.7 Å². The lowest BCUT2D eigenvalue weighted by Gasteiger charge is -2.08. The van der Waals surface area contributed by atoms with Crippen LogP contribution in [0.2, 0.25) is 0 Å². The molecule has 0 bridgehead atoms. The highest BCUT2D eigenvalue weighted by Gasteiger charge is 2.14. The number of hydrogen-bond acceptors (Lipinski definition) is 3. The zero-order chi connectivity index (χ0) is 15.7. The Morgan fingerprint density at radius 1 is 1.00 bits per heavy atom. The first kappa shape index (κ1) is 13.9. The van der Waals surface area contributed by atoms with Gasteiger partial charge in [-0.05, 0) is 31.2 Å². The number of nitrogens with zero attached hydrogens (tertiary/aromatic N) is 1. The van der Waals surface area contributed by atoms with Crippen LogP contribution >= 0.6 is 0 Å². The second-order valence-electron chi connectivity index (χ2n) is 5.01. The lowest BCUT2D eigenvalue weighted by Crippen LogP contribution is -2.02. The zero-order valence-corrected chi connectivity index (χ0v) is 11.9. The Bertz CT molecular complexity index is 885. The summed E-state index contributed by atoms with van der Waals surface area (Å²) in [6.45, 7) is 1.45. The van der Waals surface area contributed by atoms with Crippen LogP contribution in [0.1, 0.15) is 27.6 Å². The summed E-state index contributed by atoms with van der Waals surface area (Å²) in [6.07, 6.45) is 0. The second-order valence-corrected chi connectivity index (χ2v) is 5.01. The number of aromatic nitrogens is 1. The Labute approximate surface area is 127 Å². The summed E-state index contributed by atoms with van der Waals surface area (Å²) in [5.74, 6) is -1.14. The molecule has 0 atom stereocenters. The number of carboxylic acid groups (broad SMARTS) is 1. The van der Waals surface area contributed by atoms with Crippen LogP contribution in [0.4, 0.5) is 0 Å². The van der Waals surface area contributed by atoms with Gasteiger partial charge >= 0.3 is 5.97 Å². The fourth-order valence-corrected chi connectivity index (χ4v) is 2.38. The van der Waals surface area contributed by atoms with E-state index in [0.717, 1.165) is 5.56 Å². The molecule has 2 aromatic carbocycles. The summed E-state index contributed by atoms with van der Waals surface area (Å²) < 4.78 is 0. The summed E-state index contributed by atoms with van der Waals surface area (Å²) >= 11 is 0. The van der Waals surface area contributed by atoms with Gasteiger partial charge in [0.15, 0.2) is 5.78 Å². The van der Waals surface area contributed by atoms with Gasteiger partial charge in [-0.3, -0.25) is 4.79 Å². The lowest BCUT2D eigenvalue weighted by atomic mass is 10.0. The molecule has 1 N–H and O–H groups in total. The average molecular weight is 291 g/mol. The van der Waals surface area contributed by atoms with Gasteiger partial charge in [-0.2, -0.15) is 0 Å². The smallest absolute Gasteiger partial charge is 0.336 e. The molecule has 0 aliphatic heterocycles. The van der Waals surface area contributed by atoms with Crippen molar-refractivity contribution in [3.8, 4) is 11.3 Å². The van der Waals surface area contributed by atoms with E-state index in [0.29, 0.717) is 22.2 Å². The Hall–Kier alpha value is -3.01. The third-order valence-corrected chi connectivity index (χ3v) is 3.52. The molecule has 0 fully saturated rings. The van der Waals surface area contributed by atoms with Gasteiger partial charge < -0.3 is 5.11 Å². The summed E-state index contributed by atoms with van der Waals surface area (Å²) in [7, 11) is 0. The minimum Gasteiger partial charge on any atom is -0.478 e. The van der Waals surface area contributed by atoms with Gasteiger partial charge in [0, 0.05) is 16.5 Å². The van der Waals surface area contributed by atoms with Crippen LogP contribution in [0, 0.1) is 0 Å². The van der Waals surface area contributed by atoms with Crippen molar-refractivity contribution in [3.63, 3.8) is 0 Å². The topological polar surface area (TPSA) is 67.3 Å². The lowest BCUT2D eigenvalue weighted by molar-refractivity contribution is 0.0698. The predicted octanol–water partition coefficient (Wildman–Crippen LogP) is 3.80. The number of carbonyl (C=O) groups excluding carboxylic acids is 1. The van der Waals surface area contributed by atoms with Gasteiger partial charge in [-0.1, -0.05) is 30.3 Å². The number of hydrogen-bond donors (Lipinski definition) is 1. The average Bonchev–Trinajstić information content (AvgIpc) is 2.53. The van der Waals surface area contributed by atoms with Gasteiger partial charge in [0.25, 0.3) is 0 Å². The SMILES string of the molecule is CC(=O)c1ccc2nc(-c3ccccc3)cc(C(=O)O)c2c1. The number of rotatable bonds is 3. The minimum atomic E-state index is -1.04. The largest absolute Gasteiger partial charge is 0.478 e. The van der Waals surface area contributed by atoms with Crippen LogP contribution in [-0.2, 0) is 0 Å². The first-order valence-electron chi connectivity index (χ1n) is 6.81. The third-order valence-electron chi connectivity index (χ3n) is 3.52. The summed E-state index contributed by atoms with van der Waals surface area (Å²) in [5, 5.41) is 9.94. The van der Waals surface area contributed by atoms with E-state index in [1.807, 2.05) is 30.3 Å². The third kappa shape index (κ3) is 2.46. The van der Waals surface area contributed by atoms with Crippen LogP contribution in [0.25, 0.3) is 22.2 Å². The van der Waals surface area contributed by atoms with E-state index in [1.54, 1.807) is 24.3 Å². The van der Waals surface area contributed by atoms with Crippen molar-refractivity contribution >= 4 is 22.7 Å². The molecule has 3 rings (SSSR count). The molecule has 0 amide bonds. The van der Waals surface area contributed by atoms with Crippen LogP contribution < -0.4 is 0 Å². The molecule has 0 aliphatic carbocycles. The molecule has 3 aromatic rings. The van der Waals surface area contributed by atoms with Gasteiger partial charge in [-0.25, -0.2) is 9.78 Å². The van der Waals surface area contributed by atoms with Gasteiger partial charge in [0.05, 0.1) is 16.8 Å². The molecular formula is C18H13NO3. The van der Waals surface area contributed by atoms with Crippen LogP contribution in [0.5, 0.6) is 0 Å². The van der Waals surface area contributed by atoms with Crippen LogP contribution in [0.3, 0.4) is 0 Å². The molecule has 0 spiro atoms. The quantitative estimate of drug-likeness (QED) is 0.745. The first-order valence-corrected chi connectivity index (χ1v) is 6.81. The number of aromatic carboxylic acids is 1. The van der Waals surface area contributed by atoms with Crippen molar-refractivity contribution in [2.45, 2.75) is 6.92 Å². The summed E-state index contributed by atoms with van der Waals surface area (Å²) in [5.41, 5.74) is 2.63. The van der Waals surface area contributed by atoms with Crippen molar-refractivity contribution in [1.82, 2.24) is 4.98 Å². The number of benzene rings is 2. The minimum absolute atomic E-state index is 0.106. The Kier molecular flexibility index (Phi) is 3.43. The van der Waals surface area contributed by atoms with Crippen LogP contribution in [0.15, 0.2) is 54.6 Å².